The number of hydrogen-bond donors (Lipinski definition) is 1. The van der Waals surface area contributed by atoms with Crippen molar-refractivity contribution in [2.75, 3.05) is 26.7 Å². The summed E-state index contributed by atoms with van der Waals surface area (Å²) < 4.78 is 0. The van der Waals surface area contributed by atoms with E-state index in [9.17, 15) is 9.90 Å². The summed E-state index contributed by atoms with van der Waals surface area (Å²) in [5, 5.41) is 10.1. The zero-order valence-corrected chi connectivity index (χ0v) is 17.3. The molecule has 0 bridgehead atoms. The van der Waals surface area contributed by atoms with E-state index < -0.39 is 0 Å². The molecule has 2 aliphatic carbocycles. The molecule has 0 unspecified atom stereocenters. The molecule has 1 saturated carbocycles. The van der Waals surface area contributed by atoms with Crippen LogP contribution in [0.3, 0.4) is 0 Å². The van der Waals surface area contributed by atoms with E-state index in [1.807, 2.05) is 11.9 Å². The third-order valence-corrected chi connectivity index (χ3v) is 6.99. The average molecular weight is 383 g/mol. The molecule has 4 heteroatoms. The van der Waals surface area contributed by atoms with E-state index in [1.165, 1.54) is 55.2 Å². The molecule has 0 spiro atoms. The second-order valence-corrected chi connectivity index (χ2v) is 8.98. The van der Waals surface area contributed by atoms with Gasteiger partial charge < -0.3 is 10.0 Å². The van der Waals surface area contributed by atoms with E-state index in [4.69, 9.17) is 0 Å². The summed E-state index contributed by atoms with van der Waals surface area (Å²) in [5.74, 6) is 1.18. The smallest absolute Gasteiger partial charge is 0.219 e. The highest BCUT2D eigenvalue weighted by molar-refractivity contribution is 5.73. The van der Waals surface area contributed by atoms with Gasteiger partial charge in [-0.2, -0.15) is 0 Å². The number of allylic oxidation sites excluding steroid dienone is 2. The lowest BCUT2D eigenvalue weighted by Crippen LogP contribution is -2.67. The van der Waals surface area contributed by atoms with Gasteiger partial charge in [0.15, 0.2) is 0 Å². The third kappa shape index (κ3) is 4.04. The minimum atomic E-state index is 0.108. The molecule has 1 aromatic carbocycles. The van der Waals surface area contributed by atoms with Gasteiger partial charge in [0.1, 0.15) is 0 Å². The summed E-state index contributed by atoms with van der Waals surface area (Å²) in [5.41, 5.74) is 4.12. The van der Waals surface area contributed by atoms with Gasteiger partial charge in [0, 0.05) is 45.1 Å². The van der Waals surface area contributed by atoms with Gasteiger partial charge in [-0.3, -0.25) is 9.69 Å². The lowest BCUT2D eigenvalue weighted by Gasteiger charge is -2.56. The SMILES string of the molecule is CC(=O)N(C)C[C@@H]1[C@@H](c2ccc(C3=CCCCC3)cc2)[C@@H](CO)N1CC1CC1. The van der Waals surface area contributed by atoms with Crippen molar-refractivity contribution in [1.29, 1.82) is 0 Å². The number of hydrogen-bond acceptors (Lipinski definition) is 3. The Morgan fingerprint density at radius 1 is 1.18 bits per heavy atom. The molecule has 0 radical (unpaired) electrons. The van der Waals surface area contributed by atoms with Gasteiger partial charge in [0.05, 0.1) is 6.61 Å². The summed E-state index contributed by atoms with van der Waals surface area (Å²) in [6.07, 6.45) is 9.98. The first-order valence-electron chi connectivity index (χ1n) is 11.0. The lowest BCUT2D eigenvalue weighted by molar-refractivity contribution is -0.131. The van der Waals surface area contributed by atoms with Gasteiger partial charge in [-0.25, -0.2) is 0 Å². The highest BCUT2D eigenvalue weighted by atomic mass is 16.3. The maximum atomic E-state index is 11.8. The molecule has 152 valence electrons. The molecular weight excluding hydrogens is 348 g/mol. The quantitative estimate of drug-likeness (QED) is 0.783. The van der Waals surface area contributed by atoms with Crippen LogP contribution in [0.1, 0.15) is 62.5 Å². The molecule has 1 heterocycles. The molecule has 0 aromatic heterocycles. The molecule has 1 aromatic rings. The molecule has 1 N–H and O–H groups in total. The molecule has 3 atom stereocenters. The van der Waals surface area contributed by atoms with Crippen LogP contribution in [-0.2, 0) is 4.79 Å². The first kappa shape index (κ1) is 19.7. The van der Waals surface area contributed by atoms with Crippen LogP contribution in [0, 0.1) is 5.92 Å². The molecule has 4 rings (SSSR count). The standard InChI is InChI=1S/C24H34N2O2/c1-17(28)25(2)15-22-24(23(16-27)26(22)14-18-8-9-18)21-12-10-20(11-13-21)19-6-4-3-5-7-19/h6,10-13,18,22-24,27H,3-5,7-9,14-16H2,1-2H3/t22-,23-,24-/m1/s1. The molecular formula is C24H34N2O2. The van der Waals surface area contributed by atoms with Gasteiger partial charge in [-0.1, -0.05) is 30.3 Å². The number of rotatable bonds is 7. The molecule has 1 amide bonds. The summed E-state index contributed by atoms with van der Waals surface area (Å²) in [6, 6.07) is 9.50. The van der Waals surface area contributed by atoms with Crippen molar-refractivity contribution in [3.63, 3.8) is 0 Å². The molecule has 28 heavy (non-hydrogen) atoms. The Morgan fingerprint density at radius 2 is 1.93 bits per heavy atom. The van der Waals surface area contributed by atoms with Crippen molar-refractivity contribution < 1.29 is 9.90 Å². The van der Waals surface area contributed by atoms with Crippen LogP contribution in [0.15, 0.2) is 30.3 Å². The first-order valence-corrected chi connectivity index (χ1v) is 11.0. The van der Waals surface area contributed by atoms with Gasteiger partial charge in [-0.15, -0.1) is 0 Å². The Bertz CT molecular complexity index is 723. The summed E-state index contributed by atoms with van der Waals surface area (Å²) in [6.45, 7) is 3.61. The fourth-order valence-electron chi connectivity index (χ4n) is 4.99. The minimum Gasteiger partial charge on any atom is -0.395 e. The van der Waals surface area contributed by atoms with E-state index in [0.717, 1.165) is 19.0 Å². The Kier molecular flexibility index (Phi) is 5.88. The van der Waals surface area contributed by atoms with E-state index in [-0.39, 0.29) is 18.6 Å². The highest BCUT2D eigenvalue weighted by Gasteiger charge is 2.50. The number of carbonyl (C=O) groups excluding carboxylic acids is 1. The van der Waals surface area contributed by atoms with Crippen LogP contribution in [0.5, 0.6) is 0 Å². The van der Waals surface area contributed by atoms with Crippen molar-refractivity contribution in [2.45, 2.75) is 63.5 Å². The lowest BCUT2D eigenvalue weighted by atomic mass is 9.74. The number of aliphatic hydroxyl groups excluding tert-OH is 1. The Morgan fingerprint density at radius 3 is 2.50 bits per heavy atom. The van der Waals surface area contributed by atoms with E-state index in [0.29, 0.717) is 12.0 Å². The van der Waals surface area contributed by atoms with Crippen LogP contribution in [-0.4, -0.2) is 59.6 Å². The number of benzene rings is 1. The number of likely N-dealkylation sites (N-methyl/N-ethyl adjacent to an activating group) is 1. The summed E-state index contributed by atoms with van der Waals surface area (Å²) in [4.78, 5) is 16.1. The third-order valence-electron chi connectivity index (χ3n) is 6.99. The fourth-order valence-corrected chi connectivity index (χ4v) is 4.99. The molecule has 2 fully saturated rings. The van der Waals surface area contributed by atoms with Crippen LogP contribution in [0.4, 0.5) is 0 Å². The molecule has 1 aliphatic heterocycles. The van der Waals surface area contributed by atoms with Crippen molar-refractivity contribution in [1.82, 2.24) is 9.80 Å². The van der Waals surface area contributed by atoms with Gasteiger partial charge in [-0.05, 0) is 61.1 Å². The number of nitrogens with zero attached hydrogens (tertiary/aromatic N) is 2. The van der Waals surface area contributed by atoms with Gasteiger partial charge in [0.2, 0.25) is 5.91 Å². The first-order chi connectivity index (χ1) is 13.6. The number of carbonyl (C=O) groups is 1. The van der Waals surface area contributed by atoms with E-state index in [1.54, 1.807) is 6.92 Å². The van der Waals surface area contributed by atoms with Crippen molar-refractivity contribution in [2.24, 2.45) is 5.92 Å². The van der Waals surface area contributed by atoms with Crippen LogP contribution in [0.25, 0.3) is 5.57 Å². The zero-order valence-electron chi connectivity index (χ0n) is 17.3. The number of aliphatic hydroxyl groups is 1. The Balaban J connectivity index is 1.54. The predicted octanol–water partition coefficient (Wildman–Crippen LogP) is 3.66. The number of amides is 1. The van der Waals surface area contributed by atoms with Crippen molar-refractivity contribution >= 4 is 11.5 Å². The molecule has 1 saturated heterocycles. The monoisotopic (exact) mass is 382 g/mol. The summed E-state index contributed by atoms with van der Waals surface area (Å²) >= 11 is 0. The highest BCUT2D eigenvalue weighted by Crippen LogP contribution is 2.44. The number of likely N-dealkylation sites (tertiary alicyclic amines) is 1. The Hall–Kier alpha value is -1.65. The largest absolute Gasteiger partial charge is 0.395 e. The average Bonchev–Trinajstić information content (AvgIpc) is 3.53. The maximum Gasteiger partial charge on any atom is 0.219 e. The molecule has 3 aliphatic rings. The maximum absolute atomic E-state index is 11.8. The van der Waals surface area contributed by atoms with Crippen molar-refractivity contribution in [3.05, 3.63) is 41.5 Å². The van der Waals surface area contributed by atoms with E-state index >= 15 is 0 Å². The second kappa shape index (κ2) is 8.38. The molecule has 4 nitrogen and oxygen atoms in total. The normalized spacial score (nSPS) is 27.8. The Labute approximate surface area is 169 Å². The minimum absolute atomic E-state index is 0.108. The zero-order chi connectivity index (χ0) is 19.7. The summed E-state index contributed by atoms with van der Waals surface area (Å²) in [7, 11) is 1.89. The van der Waals surface area contributed by atoms with E-state index in [2.05, 4.69) is 35.2 Å². The van der Waals surface area contributed by atoms with Crippen LogP contribution in [0.2, 0.25) is 0 Å². The topological polar surface area (TPSA) is 43.8 Å². The fraction of sp³-hybridized carbons (Fsp3) is 0.625. The van der Waals surface area contributed by atoms with Crippen LogP contribution >= 0.6 is 0 Å². The van der Waals surface area contributed by atoms with Crippen molar-refractivity contribution in [3.8, 4) is 0 Å². The van der Waals surface area contributed by atoms with Gasteiger partial charge >= 0.3 is 0 Å². The van der Waals surface area contributed by atoms with Crippen LogP contribution < -0.4 is 0 Å². The van der Waals surface area contributed by atoms with Gasteiger partial charge in [0.25, 0.3) is 0 Å². The second-order valence-electron chi connectivity index (χ2n) is 8.98. The predicted molar refractivity (Wildman–Crippen MR) is 113 cm³/mol.